The first-order valence-corrected chi connectivity index (χ1v) is 10.6. The minimum atomic E-state index is -0.427. The largest absolute Gasteiger partial charge is 0.354 e. The maximum atomic E-state index is 14.1. The molecule has 0 atom stereocenters. The summed E-state index contributed by atoms with van der Waals surface area (Å²) in [5.74, 6) is 0.138. The van der Waals surface area contributed by atoms with Gasteiger partial charge in [-0.15, -0.1) is 0 Å². The number of nitrogens with one attached hydrogen (secondary N) is 2. The average Bonchev–Trinajstić information content (AvgIpc) is 3.29. The summed E-state index contributed by atoms with van der Waals surface area (Å²) in [6.45, 7) is 1.85. The molecule has 0 radical (unpaired) electrons. The lowest BCUT2D eigenvalue weighted by Crippen LogP contribution is -2.29. The quantitative estimate of drug-likeness (QED) is 0.453. The molecule has 2 aliphatic rings. The van der Waals surface area contributed by atoms with Crippen LogP contribution in [0.1, 0.15) is 31.2 Å². The fourth-order valence-corrected chi connectivity index (χ4v) is 3.89. The summed E-state index contributed by atoms with van der Waals surface area (Å²) in [6, 6.07) is 8.21. The molecule has 31 heavy (non-hydrogen) atoms. The van der Waals surface area contributed by atoms with Crippen LogP contribution in [0.5, 0.6) is 0 Å². The van der Waals surface area contributed by atoms with Crippen LogP contribution in [0.2, 0.25) is 0 Å². The number of hydrogen-bond acceptors (Lipinski definition) is 6. The lowest BCUT2D eigenvalue weighted by Gasteiger charge is -2.16. The van der Waals surface area contributed by atoms with Crippen LogP contribution in [0.3, 0.4) is 0 Å². The predicted octanol–water partition coefficient (Wildman–Crippen LogP) is 2.90. The zero-order chi connectivity index (χ0) is 21.2. The number of amides is 1. The van der Waals surface area contributed by atoms with Crippen LogP contribution in [0.25, 0.3) is 10.9 Å². The number of aromatic nitrogens is 3. The Morgan fingerprint density at radius 3 is 2.87 bits per heavy atom. The number of hydrogen-bond donors (Lipinski definition) is 2. The molecule has 9 heteroatoms. The maximum Gasteiger partial charge on any atom is 0.245 e. The molecular weight excluding hydrogens is 397 g/mol. The molecule has 3 heterocycles. The highest BCUT2D eigenvalue weighted by Crippen LogP contribution is 2.23. The number of halogens is 1. The fraction of sp³-hybridized carbons (Fsp3) is 0.364. The first-order chi connectivity index (χ1) is 15.2. The van der Waals surface area contributed by atoms with Crippen LogP contribution in [0.4, 0.5) is 16.2 Å². The number of carbonyl (C=O) groups is 1. The van der Waals surface area contributed by atoms with Gasteiger partial charge in [0, 0.05) is 41.8 Å². The zero-order valence-electron chi connectivity index (χ0n) is 17.1. The molecule has 1 aliphatic carbocycles. The molecule has 160 valence electrons. The molecule has 3 aromatic rings. The normalized spacial score (nSPS) is 16.4. The highest BCUT2D eigenvalue weighted by molar-refractivity contribution is 6.00. The lowest BCUT2D eigenvalue weighted by molar-refractivity contribution is -0.121. The second-order valence-corrected chi connectivity index (χ2v) is 8.00. The van der Waals surface area contributed by atoms with E-state index in [-0.39, 0.29) is 18.4 Å². The highest BCUT2D eigenvalue weighted by atomic mass is 19.1. The first kappa shape index (κ1) is 19.5. The van der Waals surface area contributed by atoms with Gasteiger partial charge in [0.05, 0.1) is 12.4 Å². The van der Waals surface area contributed by atoms with Crippen molar-refractivity contribution in [2.24, 2.45) is 5.10 Å². The van der Waals surface area contributed by atoms with Crippen molar-refractivity contribution in [3.63, 3.8) is 0 Å². The number of anilines is 2. The van der Waals surface area contributed by atoms with Gasteiger partial charge in [-0.3, -0.25) is 4.79 Å². The Hall–Kier alpha value is -3.49. The van der Waals surface area contributed by atoms with Crippen LogP contribution < -0.4 is 15.6 Å². The van der Waals surface area contributed by atoms with E-state index in [9.17, 15) is 9.18 Å². The minimum absolute atomic E-state index is 0.0130. The lowest BCUT2D eigenvalue weighted by atomic mass is 10.2. The van der Waals surface area contributed by atoms with E-state index in [1.165, 1.54) is 6.20 Å². The zero-order valence-corrected chi connectivity index (χ0v) is 17.1. The second-order valence-electron chi connectivity index (χ2n) is 8.00. The van der Waals surface area contributed by atoms with E-state index in [0.29, 0.717) is 11.9 Å². The Labute approximate surface area is 179 Å². The third kappa shape index (κ3) is 4.35. The van der Waals surface area contributed by atoms with E-state index >= 15 is 0 Å². The minimum Gasteiger partial charge on any atom is -0.354 e. The fourth-order valence-electron chi connectivity index (χ4n) is 3.89. The number of benzene rings is 1. The molecule has 1 saturated heterocycles. The number of para-hydroxylation sites is 1. The first-order valence-electron chi connectivity index (χ1n) is 10.6. The van der Waals surface area contributed by atoms with Gasteiger partial charge in [0.2, 0.25) is 11.9 Å². The van der Waals surface area contributed by atoms with Crippen molar-refractivity contribution in [1.29, 1.82) is 0 Å². The van der Waals surface area contributed by atoms with Crippen molar-refractivity contribution in [1.82, 2.24) is 19.9 Å². The monoisotopic (exact) mass is 421 g/mol. The highest BCUT2D eigenvalue weighted by Gasteiger charge is 2.23. The van der Waals surface area contributed by atoms with Crippen molar-refractivity contribution in [2.75, 3.05) is 23.4 Å². The van der Waals surface area contributed by atoms with Gasteiger partial charge in [-0.25, -0.2) is 14.8 Å². The van der Waals surface area contributed by atoms with Gasteiger partial charge < -0.3 is 14.8 Å². The van der Waals surface area contributed by atoms with Gasteiger partial charge in [-0.2, -0.15) is 10.1 Å². The summed E-state index contributed by atoms with van der Waals surface area (Å²) in [4.78, 5) is 22.4. The molecule has 5 rings (SSSR count). The van der Waals surface area contributed by atoms with Gasteiger partial charge in [-0.05, 0) is 31.7 Å². The van der Waals surface area contributed by atoms with Crippen molar-refractivity contribution in [3.05, 3.63) is 48.0 Å². The van der Waals surface area contributed by atoms with Crippen LogP contribution >= 0.6 is 0 Å². The van der Waals surface area contributed by atoms with E-state index in [4.69, 9.17) is 0 Å². The molecule has 2 N–H and O–H groups in total. The van der Waals surface area contributed by atoms with Crippen LogP contribution in [0.15, 0.2) is 41.8 Å². The summed E-state index contributed by atoms with van der Waals surface area (Å²) < 4.78 is 16.0. The molecule has 0 bridgehead atoms. The third-order valence-corrected chi connectivity index (χ3v) is 5.58. The standard InChI is InChI=1S/C22H24FN7O/c23-18-12-24-22(27-21(18)29-9-3-4-10-29)28-25-11-15-13-30(14-20(31)26-16-7-8-16)19-6-2-1-5-17(15)19/h1-2,5-6,11-13,16H,3-4,7-10,14H2,(H,26,31)(H,24,27,28)/b25-11+. The Bertz CT molecular complexity index is 1130. The summed E-state index contributed by atoms with van der Waals surface area (Å²) >= 11 is 0. The Morgan fingerprint density at radius 2 is 2.06 bits per heavy atom. The smallest absolute Gasteiger partial charge is 0.245 e. The van der Waals surface area contributed by atoms with E-state index < -0.39 is 5.82 Å². The Morgan fingerprint density at radius 1 is 1.26 bits per heavy atom. The number of carbonyl (C=O) groups excluding carboxylic acids is 1. The topological polar surface area (TPSA) is 87.4 Å². The molecule has 1 amide bonds. The van der Waals surface area contributed by atoms with E-state index in [0.717, 1.165) is 55.2 Å². The van der Waals surface area contributed by atoms with Gasteiger partial charge in [0.1, 0.15) is 6.54 Å². The summed E-state index contributed by atoms with van der Waals surface area (Å²) in [7, 11) is 0. The van der Waals surface area contributed by atoms with Crippen molar-refractivity contribution in [3.8, 4) is 0 Å². The molecule has 0 unspecified atom stereocenters. The van der Waals surface area contributed by atoms with E-state index in [1.807, 2.05) is 39.9 Å². The molecule has 1 aromatic carbocycles. The van der Waals surface area contributed by atoms with Gasteiger partial charge in [-0.1, -0.05) is 18.2 Å². The van der Waals surface area contributed by atoms with Crippen LogP contribution in [-0.2, 0) is 11.3 Å². The molecule has 0 spiro atoms. The number of rotatable bonds is 7. The second kappa shape index (κ2) is 8.33. The number of nitrogens with zero attached hydrogens (tertiary/aromatic N) is 5. The average molecular weight is 421 g/mol. The Balaban J connectivity index is 1.33. The number of hydrazone groups is 1. The van der Waals surface area contributed by atoms with Gasteiger partial charge in [0.15, 0.2) is 11.6 Å². The van der Waals surface area contributed by atoms with Crippen molar-refractivity contribution >= 4 is 34.8 Å². The molecule has 1 aliphatic heterocycles. The SMILES string of the molecule is O=C(Cn1cc(/C=N/Nc2ncc(F)c(N3CCCC3)n2)c2ccccc21)NC1CC1. The summed E-state index contributed by atoms with van der Waals surface area (Å²) in [6.07, 6.45) is 8.94. The third-order valence-electron chi connectivity index (χ3n) is 5.58. The van der Waals surface area contributed by atoms with Crippen molar-refractivity contribution < 1.29 is 9.18 Å². The van der Waals surface area contributed by atoms with Gasteiger partial charge >= 0.3 is 0 Å². The molecule has 8 nitrogen and oxygen atoms in total. The van der Waals surface area contributed by atoms with E-state index in [1.54, 1.807) is 6.21 Å². The molecule has 2 aromatic heterocycles. The van der Waals surface area contributed by atoms with Gasteiger partial charge in [0.25, 0.3) is 0 Å². The van der Waals surface area contributed by atoms with Crippen LogP contribution in [-0.4, -0.2) is 45.8 Å². The van der Waals surface area contributed by atoms with E-state index in [2.05, 4.69) is 25.8 Å². The predicted molar refractivity (Wildman–Crippen MR) is 118 cm³/mol. The maximum absolute atomic E-state index is 14.1. The summed E-state index contributed by atoms with van der Waals surface area (Å²) in [5.41, 5.74) is 4.63. The van der Waals surface area contributed by atoms with Crippen LogP contribution in [0, 0.1) is 5.82 Å². The molecular formula is C22H24FN7O. The number of fused-ring (bicyclic) bond motifs is 1. The molecule has 1 saturated carbocycles. The Kier molecular flexibility index (Phi) is 5.23. The van der Waals surface area contributed by atoms with Crippen molar-refractivity contribution in [2.45, 2.75) is 38.3 Å². The molecule has 2 fully saturated rings. The summed E-state index contributed by atoms with van der Waals surface area (Å²) in [5, 5.41) is 8.26.